The van der Waals surface area contributed by atoms with Crippen molar-refractivity contribution in [1.29, 1.82) is 0 Å². The van der Waals surface area contributed by atoms with Gasteiger partial charge in [-0.25, -0.2) is 4.79 Å². The van der Waals surface area contributed by atoms with Crippen molar-refractivity contribution in [3.8, 4) is 0 Å². The first-order valence-electron chi connectivity index (χ1n) is 6.69. The molecule has 0 bridgehead atoms. The molecule has 2 aromatic rings. The lowest BCUT2D eigenvalue weighted by molar-refractivity contribution is 0.262. The van der Waals surface area contributed by atoms with Crippen LogP contribution in [0, 0.1) is 0 Å². The third kappa shape index (κ3) is 2.59. The fraction of sp³-hybridized carbons (Fsp3) is 0.188. The van der Waals surface area contributed by atoms with Gasteiger partial charge in [-0.05, 0) is 36.2 Å². The molecule has 2 N–H and O–H groups in total. The topological polar surface area (TPSA) is 44.4 Å². The van der Waals surface area contributed by atoms with Crippen LogP contribution in [0.3, 0.4) is 0 Å². The summed E-state index contributed by atoms with van der Waals surface area (Å²) in [5, 5.41) is 5.67. The molecule has 1 aliphatic heterocycles. The molecule has 20 heavy (non-hydrogen) atoms. The summed E-state index contributed by atoms with van der Waals surface area (Å²) in [7, 11) is 2.07. The van der Waals surface area contributed by atoms with Crippen LogP contribution in [0.15, 0.2) is 48.5 Å². The SMILES string of the molecule is CN1CCc2ccc(NC(=O)Nc3ccccc3)cc21. The molecule has 102 valence electrons. The number of amides is 2. The van der Waals surface area contributed by atoms with Crippen LogP contribution < -0.4 is 15.5 Å². The first-order valence-corrected chi connectivity index (χ1v) is 6.69. The Balaban J connectivity index is 1.69. The van der Waals surface area contributed by atoms with E-state index >= 15 is 0 Å². The second-order valence-corrected chi connectivity index (χ2v) is 4.96. The lowest BCUT2D eigenvalue weighted by Gasteiger charge is -2.14. The lowest BCUT2D eigenvalue weighted by Crippen LogP contribution is -2.19. The highest BCUT2D eigenvalue weighted by Crippen LogP contribution is 2.29. The molecule has 2 aromatic carbocycles. The maximum absolute atomic E-state index is 11.9. The van der Waals surface area contributed by atoms with Crippen molar-refractivity contribution in [3.05, 3.63) is 54.1 Å². The zero-order valence-electron chi connectivity index (χ0n) is 11.4. The van der Waals surface area contributed by atoms with Gasteiger partial charge in [0.2, 0.25) is 0 Å². The van der Waals surface area contributed by atoms with Gasteiger partial charge >= 0.3 is 6.03 Å². The molecule has 2 amide bonds. The molecule has 0 unspecified atom stereocenters. The number of urea groups is 1. The summed E-state index contributed by atoms with van der Waals surface area (Å²) in [5.41, 5.74) is 4.12. The zero-order valence-corrected chi connectivity index (χ0v) is 11.4. The largest absolute Gasteiger partial charge is 0.374 e. The van der Waals surface area contributed by atoms with Crippen LogP contribution in [0.25, 0.3) is 0 Å². The summed E-state index contributed by atoms with van der Waals surface area (Å²) >= 11 is 0. The Labute approximate surface area is 118 Å². The van der Waals surface area contributed by atoms with Gasteiger partial charge in [-0.1, -0.05) is 24.3 Å². The zero-order chi connectivity index (χ0) is 13.9. The number of hydrogen-bond donors (Lipinski definition) is 2. The maximum Gasteiger partial charge on any atom is 0.323 e. The van der Waals surface area contributed by atoms with Crippen LogP contribution in [0.4, 0.5) is 21.9 Å². The number of nitrogens with one attached hydrogen (secondary N) is 2. The van der Waals surface area contributed by atoms with E-state index in [4.69, 9.17) is 0 Å². The minimum atomic E-state index is -0.225. The molecule has 1 heterocycles. The Morgan fingerprint density at radius 2 is 1.80 bits per heavy atom. The summed E-state index contributed by atoms with van der Waals surface area (Å²) in [6, 6.07) is 15.2. The molecule has 4 nitrogen and oxygen atoms in total. The highest BCUT2D eigenvalue weighted by molar-refractivity contribution is 6.00. The maximum atomic E-state index is 11.9. The van der Waals surface area contributed by atoms with E-state index in [2.05, 4.69) is 28.6 Å². The van der Waals surface area contributed by atoms with Crippen LogP contribution in [0.5, 0.6) is 0 Å². The number of nitrogens with zero attached hydrogens (tertiary/aromatic N) is 1. The predicted molar refractivity (Wildman–Crippen MR) is 82.5 cm³/mol. The molecule has 3 rings (SSSR count). The van der Waals surface area contributed by atoms with Gasteiger partial charge in [-0.15, -0.1) is 0 Å². The Bertz CT molecular complexity index is 625. The number of fused-ring (bicyclic) bond motifs is 1. The molecule has 0 aromatic heterocycles. The number of benzene rings is 2. The molecule has 0 radical (unpaired) electrons. The van der Waals surface area contributed by atoms with Crippen LogP contribution in [-0.2, 0) is 6.42 Å². The quantitative estimate of drug-likeness (QED) is 0.876. The van der Waals surface area contributed by atoms with E-state index in [1.54, 1.807) is 0 Å². The van der Waals surface area contributed by atoms with Gasteiger partial charge in [0.15, 0.2) is 0 Å². The summed E-state index contributed by atoms with van der Waals surface area (Å²) in [4.78, 5) is 14.1. The van der Waals surface area contributed by atoms with Crippen LogP contribution >= 0.6 is 0 Å². The summed E-state index contributed by atoms with van der Waals surface area (Å²) < 4.78 is 0. The van der Waals surface area contributed by atoms with E-state index in [0.29, 0.717) is 0 Å². The van der Waals surface area contributed by atoms with Crippen molar-refractivity contribution >= 4 is 23.1 Å². The van der Waals surface area contributed by atoms with Gasteiger partial charge in [0.05, 0.1) is 0 Å². The van der Waals surface area contributed by atoms with Crippen molar-refractivity contribution < 1.29 is 4.79 Å². The van der Waals surface area contributed by atoms with Gasteiger partial charge in [-0.2, -0.15) is 0 Å². The minimum Gasteiger partial charge on any atom is -0.374 e. The molecule has 0 saturated carbocycles. The van der Waals surface area contributed by atoms with Crippen molar-refractivity contribution in [2.75, 3.05) is 29.1 Å². The molecule has 0 saturated heterocycles. The first kappa shape index (κ1) is 12.5. The van der Waals surface area contributed by atoms with Gasteiger partial charge in [0, 0.05) is 30.7 Å². The number of carbonyl (C=O) groups is 1. The standard InChI is InChI=1S/C16H17N3O/c1-19-10-9-12-7-8-14(11-15(12)19)18-16(20)17-13-5-3-2-4-6-13/h2-8,11H,9-10H2,1H3,(H2,17,18,20). The van der Waals surface area contributed by atoms with E-state index in [1.807, 2.05) is 42.5 Å². The fourth-order valence-corrected chi connectivity index (χ4v) is 2.43. The molecule has 0 fully saturated rings. The lowest BCUT2D eigenvalue weighted by atomic mass is 10.1. The molecule has 4 heteroatoms. The minimum absolute atomic E-state index is 0.225. The van der Waals surface area contributed by atoms with Crippen molar-refractivity contribution in [1.82, 2.24) is 0 Å². The van der Waals surface area contributed by atoms with E-state index in [-0.39, 0.29) is 6.03 Å². The third-order valence-electron chi connectivity index (χ3n) is 3.50. The third-order valence-corrected chi connectivity index (χ3v) is 3.50. The van der Waals surface area contributed by atoms with Gasteiger partial charge in [0.1, 0.15) is 0 Å². The second kappa shape index (κ2) is 5.25. The fourth-order valence-electron chi connectivity index (χ4n) is 2.43. The Morgan fingerprint density at radius 1 is 1.05 bits per heavy atom. The van der Waals surface area contributed by atoms with Crippen molar-refractivity contribution in [2.24, 2.45) is 0 Å². The highest BCUT2D eigenvalue weighted by Gasteiger charge is 2.16. The molecular formula is C16H17N3O. The smallest absolute Gasteiger partial charge is 0.323 e. The van der Waals surface area contributed by atoms with Gasteiger partial charge < -0.3 is 15.5 Å². The summed E-state index contributed by atoms with van der Waals surface area (Å²) in [5.74, 6) is 0. The number of anilines is 3. The first-order chi connectivity index (χ1) is 9.72. The average Bonchev–Trinajstić information content (AvgIpc) is 2.81. The molecule has 0 aliphatic carbocycles. The van der Waals surface area contributed by atoms with Crippen LogP contribution in [-0.4, -0.2) is 19.6 Å². The second-order valence-electron chi connectivity index (χ2n) is 4.96. The van der Waals surface area contributed by atoms with Gasteiger partial charge in [-0.3, -0.25) is 0 Å². The summed E-state index contributed by atoms with van der Waals surface area (Å²) in [6.45, 7) is 1.04. The van der Waals surface area contributed by atoms with Crippen LogP contribution in [0.1, 0.15) is 5.56 Å². The number of likely N-dealkylation sites (N-methyl/N-ethyl adjacent to an activating group) is 1. The van der Waals surface area contributed by atoms with Crippen LogP contribution in [0.2, 0.25) is 0 Å². The predicted octanol–water partition coefficient (Wildman–Crippen LogP) is 3.32. The molecule has 1 aliphatic rings. The Hall–Kier alpha value is -2.49. The van der Waals surface area contributed by atoms with E-state index in [0.717, 1.165) is 24.3 Å². The monoisotopic (exact) mass is 267 g/mol. The summed E-state index contributed by atoms with van der Waals surface area (Å²) in [6.07, 6.45) is 1.07. The average molecular weight is 267 g/mol. The van der Waals surface area contributed by atoms with E-state index in [9.17, 15) is 4.79 Å². The molecular weight excluding hydrogens is 250 g/mol. The molecule has 0 atom stereocenters. The number of para-hydroxylation sites is 1. The number of rotatable bonds is 2. The van der Waals surface area contributed by atoms with Gasteiger partial charge in [0.25, 0.3) is 0 Å². The Kier molecular flexibility index (Phi) is 3.29. The van der Waals surface area contributed by atoms with E-state index < -0.39 is 0 Å². The number of carbonyl (C=O) groups excluding carboxylic acids is 1. The van der Waals surface area contributed by atoms with E-state index in [1.165, 1.54) is 11.3 Å². The van der Waals surface area contributed by atoms with Crippen molar-refractivity contribution in [3.63, 3.8) is 0 Å². The highest BCUT2D eigenvalue weighted by atomic mass is 16.2. The Morgan fingerprint density at radius 3 is 2.60 bits per heavy atom. The van der Waals surface area contributed by atoms with Crippen molar-refractivity contribution in [2.45, 2.75) is 6.42 Å². The molecule has 0 spiro atoms. The normalized spacial score (nSPS) is 12.9. The number of hydrogen-bond acceptors (Lipinski definition) is 2.